The summed E-state index contributed by atoms with van der Waals surface area (Å²) in [5.74, 6) is 5.34. The summed E-state index contributed by atoms with van der Waals surface area (Å²) < 4.78 is 6.12. The molecule has 45 heavy (non-hydrogen) atoms. The number of esters is 1. The van der Waals surface area contributed by atoms with E-state index in [1.807, 2.05) is 0 Å². The summed E-state index contributed by atoms with van der Waals surface area (Å²) >= 11 is 0. The first kappa shape index (κ1) is 37.0. The van der Waals surface area contributed by atoms with Crippen LogP contribution in [0.5, 0.6) is 0 Å². The molecule has 2 nitrogen and oxygen atoms in total. The number of unbranched alkanes of at least 4 members (excludes halogenated alkanes) is 12. The van der Waals surface area contributed by atoms with Gasteiger partial charge in [-0.1, -0.05) is 150 Å². The molecule has 4 aliphatic rings. The second-order valence-electron chi connectivity index (χ2n) is 17.6. The van der Waals surface area contributed by atoms with Gasteiger partial charge in [0.25, 0.3) is 0 Å². The lowest BCUT2D eigenvalue weighted by Gasteiger charge is -2.58. The number of carbonyl (C=O) groups excluding carboxylic acids is 1. The van der Waals surface area contributed by atoms with Crippen molar-refractivity contribution in [3.05, 3.63) is 11.6 Å². The minimum atomic E-state index is 0.0638. The summed E-state index contributed by atoms with van der Waals surface area (Å²) in [5, 5.41) is 0. The molecule has 0 bridgehead atoms. The van der Waals surface area contributed by atoms with Gasteiger partial charge in [0, 0.05) is 12.8 Å². The van der Waals surface area contributed by atoms with Crippen molar-refractivity contribution in [3.63, 3.8) is 0 Å². The van der Waals surface area contributed by atoms with E-state index >= 15 is 0 Å². The van der Waals surface area contributed by atoms with Crippen molar-refractivity contribution in [2.24, 2.45) is 46.3 Å². The molecule has 4 rings (SSSR count). The number of fused-ring (bicyclic) bond motifs is 5. The van der Waals surface area contributed by atoms with Gasteiger partial charge in [-0.15, -0.1) is 0 Å². The maximum absolute atomic E-state index is 12.8. The highest BCUT2D eigenvalue weighted by Gasteiger charge is 2.59. The normalized spacial score (nSPS) is 33.3. The lowest BCUT2D eigenvalue weighted by atomic mass is 9.47. The molecular weight excluding hydrogens is 548 g/mol. The second kappa shape index (κ2) is 18.1. The monoisotopic (exact) mass is 625 g/mol. The molecule has 0 saturated heterocycles. The molecule has 0 aromatic rings. The average molecular weight is 625 g/mol. The highest BCUT2D eigenvalue weighted by atomic mass is 16.5. The Labute approximate surface area is 281 Å². The molecule has 0 aromatic heterocycles. The van der Waals surface area contributed by atoms with Crippen LogP contribution in [0.25, 0.3) is 0 Å². The Kier molecular flexibility index (Phi) is 14.9. The van der Waals surface area contributed by atoms with Gasteiger partial charge in [0.05, 0.1) is 0 Å². The Bertz CT molecular complexity index is 904. The second-order valence-corrected chi connectivity index (χ2v) is 17.6. The molecule has 4 aliphatic carbocycles. The number of allylic oxidation sites excluding steroid dienone is 1. The van der Waals surface area contributed by atoms with Crippen molar-refractivity contribution in [2.75, 3.05) is 0 Å². The van der Waals surface area contributed by atoms with Gasteiger partial charge in [-0.25, -0.2) is 0 Å². The summed E-state index contributed by atoms with van der Waals surface area (Å²) in [7, 11) is 0. The molecule has 6 unspecified atom stereocenters. The molecule has 260 valence electrons. The minimum Gasteiger partial charge on any atom is -0.462 e. The van der Waals surface area contributed by atoms with Crippen molar-refractivity contribution >= 4 is 5.97 Å². The van der Waals surface area contributed by atoms with E-state index in [1.165, 1.54) is 135 Å². The molecule has 0 aliphatic heterocycles. The van der Waals surface area contributed by atoms with Crippen LogP contribution in [0, 0.1) is 46.3 Å². The quantitative estimate of drug-likeness (QED) is 0.0765. The van der Waals surface area contributed by atoms with Crippen molar-refractivity contribution < 1.29 is 9.53 Å². The van der Waals surface area contributed by atoms with E-state index in [-0.39, 0.29) is 12.1 Å². The van der Waals surface area contributed by atoms with Crippen LogP contribution in [0.3, 0.4) is 0 Å². The number of carbonyl (C=O) groups is 1. The lowest BCUT2D eigenvalue weighted by Crippen LogP contribution is -2.51. The van der Waals surface area contributed by atoms with Crippen molar-refractivity contribution in [1.29, 1.82) is 0 Å². The maximum Gasteiger partial charge on any atom is 0.306 e. The molecule has 0 heterocycles. The SMILES string of the molecule is CCCCCCCCCCCCCCCC(=O)OC1CC[C@@]2(C)C(=CCC3C4CCC(C(C)CCCC(C)C)[C@@]4(C)CCC32)C1. The van der Waals surface area contributed by atoms with Crippen molar-refractivity contribution in [2.45, 2.75) is 208 Å². The Morgan fingerprint density at radius 2 is 1.42 bits per heavy atom. The summed E-state index contributed by atoms with van der Waals surface area (Å²) in [5.41, 5.74) is 2.54. The molecule has 0 radical (unpaired) electrons. The van der Waals surface area contributed by atoms with E-state index in [0.29, 0.717) is 17.3 Å². The fourth-order valence-electron chi connectivity index (χ4n) is 11.3. The van der Waals surface area contributed by atoms with Gasteiger partial charge in [-0.3, -0.25) is 4.79 Å². The summed E-state index contributed by atoms with van der Waals surface area (Å²) in [4.78, 5) is 12.8. The smallest absolute Gasteiger partial charge is 0.306 e. The third-order valence-electron chi connectivity index (χ3n) is 14.0. The molecule has 3 fully saturated rings. The largest absolute Gasteiger partial charge is 0.462 e. The van der Waals surface area contributed by atoms with E-state index in [0.717, 1.165) is 54.8 Å². The van der Waals surface area contributed by atoms with Gasteiger partial charge in [0.2, 0.25) is 0 Å². The highest BCUT2D eigenvalue weighted by molar-refractivity contribution is 5.69. The lowest BCUT2D eigenvalue weighted by molar-refractivity contribution is -0.151. The molecule has 3 saturated carbocycles. The van der Waals surface area contributed by atoms with Crippen LogP contribution in [0.2, 0.25) is 0 Å². The van der Waals surface area contributed by atoms with Crippen molar-refractivity contribution in [1.82, 2.24) is 0 Å². The summed E-state index contributed by atoms with van der Waals surface area (Å²) in [6.45, 7) is 14.9. The first-order valence-corrected chi connectivity index (χ1v) is 20.6. The van der Waals surface area contributed by atoms with E-state index < -0.39 is 0 Å². The summed E-state index contributed by atoms with van der Waals surface area (Å²) in [6.07, 6.45) is 35.4. The zero-order chi connectivity index (χ0) is 32.3. The van der Waals surface area contributed by atoms with Crippen LogP contribution in [-0.4, -0.2) is 12.1 Å². The van der Waals surface area contributed by atoms with Crippen LogP contribution in [0.4, 0.5) is 0 Å². The predicted molar refractivity (Wildman–Crippen MR) is 193 cm³/mol. The van der Waals surface area contributed by atoms with Gasteiger partial charge in [0.1, 0.15) is 6.10 Å². The first-order chi connectivity index (χ1) is 21.7. The van der Waals surface area contributed by atoms with Crippen LogP contribution < -0.4 is 0 Å². The third-order valence-corrected chi connectivity index (χ3v) is 14.0. The molecule has 0 N–H and O–H groups in total. The van der Waals surface area contributed by atoms with Gasteiger partial charge in [-0.05, 0) is 97.7 Å². The van der Waals surface area contributed by atoms with E-state index in [4.69, 9.17) is 4.74 Å². The zero-order valence-corrected chi connectivity index (χ0v) is 31.1. The zero-order valence-electron chi connectivity index (χ0n) is 31.1. The predicted octanol–water partition coefficient (Wildman–Crippen LogP) is 13.4. The number of hydrogen-bond acceptors (Lipinski definition) is 2. The van der Waals surface area contributed by atoms with E-state index in [2.05, 4.69) is 47.6 Å². The van der Waals surface area contributed by atoms with Gasteiger partial charge >= 0.3 is 5.97 Å². The van der Waals surface area contributed by atoms with Crippen LogP contribution in [-0.2, 0) is 9.53 Å². The Morgan fingerprint density at radius 3 is 2.07 bits per heavy atom. The van der Waals surface area contributed by atoms with Gasteiger partial charge < -0.3 is 4.74 Å². The number of hydrogen-bond donors (Lipinski definition) is 0. The van der Waals surface area contributed by atoms with Gasteiger partial charge in [-0.2, -0.15) is 0 Å². The Balaban J connectivity index is 1.14. The fourth-order valence-corrected chi connectivity index (χ4v) is 11.3. The topological polar surface area (TPSA) is 26.3 Å². The van der Waals surface area contributed by atoms with Crippen molar-refractivity contribution in [3.8, 4) is 0 Å². The number of rotatable bonds is 20. The first-order valence-electron chi connectivity index (χ1n) is 20.6. The molecule has 0 aromatic carbocycles. The maximum atomic E-state index is 12.8. The summed E-state index contributed by atoms with van der Waals surface area (Å²) in [6, 6.07) is 0. The molecule has 0 spiro atoms. The fraction of sp³-hybridized carbons (Fsp3) is 0.930. The standard InChI is InChI=1S/C43H76O2/c1-7-8-9-10-11-12-13-14-15-16-17-18-19-23-41(44)45-36-28-30-42(5)35(32-36)24-25-37-39-27-26-38(34(4)22-20-21-33(2)3)43(39,6)31-29-40(37)42/h24,33-34,36-40H,7-23,25-32H2,1-6H3/t34?,36?,37?,38?,39?,40?,42-,43+/m0/s1. The molecular formula is C43H76O2. The third kappa shape index (κ3) is 9.87. The number of ether oxygens (including phenoxy) is 1. The van der Waals surface area contributed by atoms with E-state index in [9.17, 15) is 4.79 Å². The Morgan fingerprint density at radius 1 is 0.778 bits per heavy atom. The minimum absolute atomic E-state index is 0.0638. The Hall–Kier alpha value is -0.790. The van der Waals surface area contributed by atoms with Crippen LogP contribution >= 0.6 is 0 Å². The van der Waals surface area contributed by atoms with Gasteiger partial charge in [0.15, 0.2) is 0 Å². The van der Waals surface area contributed by atoms with E-state index in [1.54, 1.807) is 5.57 Å². The molecule has 8 atom stereocenters. The molecule has 2 heteroatoms. The van der Waals surface area contributed by atoms with Crippen LogP contribution in [0.1, 0.15) is 202 Å². The molecule has 0 amide bonds. The average Bonchev–Trinajstić information content (AvgIpc) is 3.37. The highest BCUT2D eigenvalue weighted by Crippen LogP contribution is 2.67. The van der Waals surface area contributed by atoms with Crippen LogP contribution in [0.15, 0.2) is 11.6 Å².